The van der Waals surface area contributed by atoms with Crippen molar-refractivity contribution in [2.24, 2.45) is 0 Å². The molecular weight excluding hydrogens is 489 g/mol. The summed E-state index contributed by atoms with van der Waals surface area (Å²) in [4.78, 5) is 26.6. The van der Waals surface area contributed by atoms with Gasteiger partial charge in [0.05, 0.1) is 40.2 Å². The summed E-state index contributed by atoms with van der Waals surface area (Å²) in [5.74, 6) is 0.692. The van der Waals surface area contributed by atoms with Crippen LogP contribution < -0.4 is 9.47 Å². The van der Waals surface area contributed by atoms with Crippen molar-refractivity contribution in [3.63, 3.8) is 0 Å². The molecule has 5 nitrogen and oxygen atoms in total. The molecule has 1 aliphatic heterocycles. The fraction of sp³-hybridized carbons (Fsp3) is 0.158. The van der Waals surface area contributed by atoms with Crippen molar-refractivity contribution < 1.29 is 19.1 Å². The molecule has 0 N–H and O–H groups in total. The summed E-state index contributed by atoms with van der Waals surface area (Å²) in [6.45, 7) is 0.120. The average Bonchev–Trinajstić information content (AvgIpc) is 2.91. The number of halogens is 3. The lowest BCUT2D eigenvalue weighted by Crippen LogP contribution is -2.27. The molecule has 0 unspecified atom stereocenters. The lowest BCUT2D eigenvalue weighted by atomic mass is 10.1. The van der Waals surface area contributed by atoms with Crippen LogP contribution in [0.4, 0.5) is 4.79 Å². The topological polar surface area (TPSA) is 55.8 Å². The second-order valence-electron chi connectivity index (χ2n) is 5.75. The molecule has 3 rings (SSSR count). The second kappa shape index (κ2) is 8.78. The fourth-order valence-corrected chi connectivity index (χ4v) is 4.41. The van der Waals surface area contributed by atoms with Crippen molar-refractivity contribution >= 4 is 68.1 Å². The number of nitrogens with zero attached hydrogens (tertiary/aromatic N) is 1. The Kier molecular flexibility index (Phi) is 6.60. The molecule has 1 saturated heterocycles. The van der Waals surface area contributed by atoms with E-state index in [1.165, 1.54) is 19.1 Å². The highest BCUT2D eigenvalue weighted by molar-refractivity contribution is 9.10. The van der Waals surface area contributed by atoms with Gasteiger partial charge in [-0.1, -0.05) is 29.3 Å². The van der Waals surface area contributed by atoms with Gasteiger partial charge in [0.2, 0.25) is 0 Å². The van der Waals surface area contributed by atoms with Crippen LogP contribution in [-0.2, 0) is 11.3 Å². The van der Waals surface area contributed by atoms with Gasteiger partial charge < -0.3 is 9.47 Å². The quantitative estimate of drug-likeness (QED) is 0.468. The molecule has 1 aliphatic rings. The lowest BCUT2D eigenvalue weighted by Gasteiger charge is -2.13. The first-order chi connectivity index (χ1) is 13.3. The molecule has 28 heavy (non-hydrogen) atoms. The number of amides is 2. The molecule has 0 atom stereocenters. The molecule has 1 heterocycles. The molecule has 0 radical (unpaired) electrons. The number of hydrogen-bond donors (Lipinski definition) is 0. The monoisotopic (exact) mass is 501 g/mol. The number of thioether (sulfide) groups is 1. The maximum Gasteiger partial charge on any atom is 0.293 e. The summed E-state index contributed by atoms with van der Waals surface area (Å²) >= 11 is 16.2. The van der Waals surface area contributed by atoms with E-state index in [1.54, 1.807) is 36.4 Å². The third-order valence-electron chi connectivity index (χ3n) is 3.95. The number of carbonyl (C=O) groups is 2. The van der Waals surface area contributed by atoms with E-state index in [4.69, 9.17) is 32.7 Å². The summed E-state index contributed by atoms with van der Waals surface area (Å²) in [5, 5.41) is 0.442. The molecule has 0 saturated carbocycles. The van der Waals surface area contributed by atoms with Gasteiger partial charge in [-0.3, -0.25) is 14.5 Å². The number of methoxy groups -OCH3 is 2. The molecule has 0 spiro atoms. The Hall–Kier alpha value is -1.67. The number of ether oxygens (including phenoxy) is 2. The second-order valence-corrected chi connectivity index (χ2v) is 8.42. The van der Waals surface area contributed by atoms with E-state index in [9.17, 15) is 9.59 Å². The molecule has 0 aliphatic carbocycles. The number of carbonyl (C=O) groups excluding carboxylic acids is 2. The molecular formula is C19H14BrCl2NO4S. The Morgan fingerprint density at radius 2 is 1.86 bits per heavy atom. The van der Waals surface area contributed by atoms with Crippen molar-refractivity contribution in [3.8, 4) is 11.5 Å². The minimum absolute atomic E-state index is 0.120. The van der Waals surface area contributed by atoms with Crippen molar-refractivity contribution in [3.05, 3.63) is 60.9 Å². The molecule has 146 valence electrons. The van der Waals surface area contributed by atoms with E-state index in [1.807, 2.05) is 0 Å². The van der Waals surface area contributed by atoms with Crippen LogP contribution in [0, 0.1) is 0 Å². The first kappa shape index (κ1) is 21.0. The van der Waals surface area contributed by atoms with E-state index in [0.717, 1.165) is 11.8 Å². The summed E-state index contributed by atoms with van der Waals surface area (Å²) in [7, 11) is 3.07. The SMILES string of the molecule is COc1cc(/C=C2\SC(=O)N(Cc3ccc(Cl)c(Cl)c3)C2=O)cc(Br)c1OC. The fourth-order valence-electron chi connectivity index (χ4n) is 2.63. The van der Waals surface area contributed by atoms with Crippen LogP contribution >= 0.6 is 50.9 Å². The number of benzene rings is 2. The number of rotatable bonds is 5. The Bertz CT molecular complexity index is 996. The first-order valence-electron chi connectivity index (χ1n) is 7.95. The third-order valence-corrected chi connectivity index (χ3v) is 6.19. The Morgan fingerprint density at radius 1 is 1.11 bits per heavy atom. The van der Waals surface area contributed by atoms with Crippen molar-refractivity contribution in [1.82, 2.24) is 4.90 Å². The van der Waals surface area contributed by atoms with Gasteiger partial charge in [0.1, 0.15) is 0 Å². The van der Waals surface area contributed by atoms with Crippen LogP contribution in [0.5, 0.6) is 11.5 Å². The van der Waals surface area contributed by atoms with Gasteiger partial charge in [0, 0.05) is 0 Å². The van der Waals surface area contributed by atoms with Gasteiger partial charge in [-0.2, -0.15) is 0 Å². The minimum Gasteiger partial charge on any atom is -0.493 e. The molecule has 1 fully saturated rings. The summed E-state index contributed by atoms with van der Waals surface area (Å²) in [6.07, 6.45) is 1.65. The third kappa shape index (κ3) is 4.33. The van der Waals surface area contributed by atoms with Gasteiger partial charge >= 0.3 is 0 Å². The molecule has 0 bridgehead atoms. The van der Waals surface area contributed by atoms with Gasteiger partial charge in [-0.15, -0.1) is 0 Å². The van der Waals surface area contributed by atoms with Gasteiger partial charge in [0.25, 0.3) is 11.1 Å². The average molecular weight is 503 g/mol. The standard InChI is InChI=1S/C19H14BrCl2NO4S/c1-26-15-7-11(5-12(20)17(15)27-2)8-16-18(24)23(19(25)28-16)9-10-3-4-13(21)14(22)6-10/h3-8H,9H2,1-2H3/b16-8-. The van der Waals surface area contributed by atoms with Gasteiger partial charge in [-0.25, -0.2) is 0 Å². The van der Waals surface area contributed by atoms with Crippen molar-refractivity contribution in [2.45, 2.75) is 6.54 Å². The zero-order chi connectivity index (χ0) is 20.4. The molecule has 2 amide bonds. The molecule has 2 aromatic carbocycles. The van der Waals surface area contributed by atoms with Crippen LogP contribution in [-0.4, -0.2) is 30.3 Å². The highest BCUT2D eigenvalue weighted by atomic mass is 79.9. The van der Waals surface area contributed by atoms with Crippen LogP contribution in [0.25, 0.3) is 6.08 Å². The lowest BCUT2D eigenvalue weighted by molar-refractivity contribution is -0.123. The predicted octanol–water partition coefficient (Wildman–Crippen LogP) is 6.01. The zero-order valence-electron chi connectivity index (χ0n) is 14.8. The van der Waals surface area contributed by atoms with Crippen LogP contribution in [0.2, 0.25) is 10.0 Å². The van der Waals surface area contributed by atoms with Crippen molar-refractivity contribution in [1.29, 1.82) is 0 Å². The van der Waals surface area contributed by atoms with Crippen molar-refractivity contribution in [2.75, 3.05) is 14.2 Å². The van der Waals surface area contributed by atoms with E-state index in [0.29, 0.717) is 42.0 Å². The molecule has 2 aromatic rings. The Labute approximate surface area is 184 Å². The van der Waals surface area contributed by atoms with Gasteiger partial charge in [-0.05, 0) is 69.2 Å². The largest absolute Gasteiger partial charge is 0.493 e. The maximum atomic E-state index is 12.7. The zero-order valence-corrected chi connectivity index (χ0v) is 18.7. The first-order valence-corrected chi connectivity index (χ1v) is 10.3. The molecule has 9 heteroatoms. The Morgan fingerprint density at radius 3 is 2.50 bits per heavy atom. The predicted molar refractivity (Wildman–Crippen MR) is 115 cm³/mol. The van der Waals surface area contributed by atoms with Gasteiger partial charge in [0.15, 0.2) is 11.5 Å². The highest BCUT2D eigenvalue weighted by Gasteiger charge is 2.35. The highest BCUT2D eigenvalue weighted by Crippen LogP contribution is 2.39. The number of hydrogen-bond acceptors (Lipinski definition) is 5. The number of imide groups is 1. The van der Waals surface area contributed by atoms with E-state index in [2.05, 4.69) is 15.9 Å². The van der Waals surface area contributed by atoms with E-state index >= 15 is 0 Å². The maximum absolute atomic E-state index is 12.7. The summed E-state index contributed by atoms with van der Waals surface area (Å²) in [6, 6.07) is 8.52. The summed E-state index contributed by atoms with van der Waals surface area (Å²) in [5.41, 5.74) is 1.41. The van der Waals surface area contributed by atoms with E-state index in [-0.39, 0.29) is 17.7 Å². The van der Waals surface area contributed by atoms with E-state index < -0.39 is 0 Å². The smallest absolute Gasteiger partial charge is 0.293 e. The van der Waals surface area contributed by atoms with Crippen LogP contribution in [0.15, 0.2) is 39.7 Å². The normalized spacial score (nSPS) is 15.5. The van der Waals surface area contributed by atoms with Crippen LogP contribution in [0.3, 0.4) is 0 Å². The Balaban J connectivity index is 1.86. The van der Waals surface area contributed by atoms with Crippen LogP contribution in [0.1, 0.15) is 11.1 Å². The summed E-state index contributed by atoms with van der Waals surface area (Å²) < 4.78 is 11.3. The molecule has 0 aromatic heterocycles. The minimum atomic E-state index is -0.369.